The van der Waals surface area contributed by atoms with Crippen LogP contribution in [0, 0.1) is 13.8 Å². The van der Waals surface area contributed by atoms with Crippen molar-refractivity contribution in [2.75, 3.05) is 5.32 Å². The Kier molecular flexibility index (Phi) is 4.72. The Morgan fingerprint density at radius 3 is 2.50 bits per heavy atom. The first kappa shape index (κ1) is 14.5. The summed E-state index contributed by atoms with van der Waals surface area (Å²) in [6.07, 6.45) is 0.821. The summed E-state index contributed by atoms with van der Waals surface area (Å²) in [6, 6.07) is -0.312. The highest BCUT2D eigenvalue weighted by atomic mass is 32.1. The van der Waals surface area contributed by atoms with Crippen LogP contribution < -0.4 is 10.6 Å². The van der Waals surface area contributed by atoms with Crippen LogP contribution in [-0.2, 0) is 0 Å². The molecule has 0 aliphatic heterocycles. The fourth-order valence-corrected chi connectivity index (χ4v) is 2.49. The maximum Gasteiger partial charge on any atom is 0.338 e. The van der Waals surface area contributed by atoms with Crippen molar-refractivity contribution in [3.05, 3.63) is 16.0 Å². The quantitative estimate of drug-likeness (QED) is 0.787. The summed E-state index contributed by atoms with van der Waals surface area (Å²) in [6.45, 7) is 7.44. The lowest BCUT2D eigenvalue weighted by Gasteiger charge is -2.12. The monoisotopic (exact) mass is 270 g/mol. The lowest BCUT2D eigenvalue weighted by Crippen LogP contribution is -2.35. The summed E-state index contributed by atoms with van der Waals surface area (Å²) in [5.41, 5.74) is 0.878. The normalized spacial score (nSPS) is 12.0. The summed E-state index contributed by atoms with van der Waals surface area (Å²) >= 11 is 1.28. The number of carboxylic acids is 1. The van der Waals surface area contributed by atoms with Crippen molar-refractivity contribution in [2.45, 2.75) is 40.2 Å². The number of hydrogen-bond acceptors (Lipinski definition) is 3. The zero-order valence-electron chi connectivity index (χ0n) is 11.0. The number of thiophene rings is 1. The number of carboxylic acid groups (broad SMARTS) is 1. The van der Waals surface area contributed by atoms with E-state index in [0.717, 1.165) is 11.3 Å². The summed E-state index contributed by atoms with van der Waals surface area (Å²) in [4.78, 5) is 23.7. The number of aromatic carboxylic acids is 1. The standard InChI is InChI=1S/C12H18N2O3S/c1-5-6(2)13-12(17)14-10-9(11(15)16)7(3)8(4)18-10/h6H,5H2,1-4H3,(H,15,16)(H2,13,14,17). The summed E-state index contributed by atoms with van der Waals surface area (Å²) in [7, 11) is 0. The summed E-state index contributed by atoms with van der Waals surface area (Å²) in [5, 5.41) is 14.9. The highest BCUT2D eigenvalue weighted by Gasteiger charge is 2.20. The minimum Gasteiger partial charge on any atom is -0.478 e. The van der Waals surface area contributed by atoms with E-state index in [2.05, 4.69) is 10.6 Å². The molecule has 0 spiro atoms. The first-order valence-corrected chi connectivity index (χ1v) is 6.59. The molecule has 0 saturated heterocycles. The van der Waals surface area contributed by atoms with Crippen LogP contribution in [0.2, 0.25) is 0 Å². The molecule has 0 aromatic carbocycles. The van der Waals surface area contributed by atoms with Gasteiger partial charge in [0.2, 0.25) is 0 Å². The molecular formula is C12H18N2O3S. The third-order valence-electron chi connectivity index (χ3n) is 2.82. The van der Waals surface area contributed by atoms with E-state index in [-0.39, 0.29) is 17.6 Å². The molecule has 1 aromatic rings. The van der Waals surface area contributed by atoms with Gasteiger partial charge in [-0.15, -0.1) is 11.3 Å². The van der Waals surface area contributed by atoms with E-state index in [4.69, 9.17) is 5.11 Å². The highest BCUT2D eigenvalue weighted by Crippen LogP contribution is 2.32. The zero-order valence-corrected chi connectivity index (χ0v) is 11.8. The van der Waals surface area contributed by atoms with E-state index in [0.29, 0.717) is 10.6 Å². The van der Waals surface area contributed by atoms with Crippen molar-refractivity contribution in [3.63, 3.8) is 0 Å². The zero-order chi connectivity index (χ0) is 13.9. The molecule has 5 nitrogen and oxygen atoms in total. The van der Waals surface area contributed by atoms with Crippen molar-refractivity contribution < 1.29 is 14.7 Å². The fourth-order valence-electron chi connectivity index (χ4n) is 1.44. The molecule has 0 aliphatic carbocycles. The average molecular weight is 270 g/mol. The van der Waals surface area contributed by atoms with E-state index in [1.165, 1.54) is 11.3 Å². The van der Waals surface area contributed by atoms with E-state index in [1.807, 2.05) is 20.8 Å². The molecule has 3 N–H and O–H groups in total. The number of urea groups is 1. The number of rotatable bonds is 4. The molecule has 0 fully saturated rings. The number of anilines is 1. The Morgan fingerprint density at radius 1 is 1.39 bits per heavy atom. The number of carbonyl (C=O) groups is 2. The van der Waals surface area contributed by atoms with Gasteiger partial charge in [0.25, 0.3) is 0 Å². The van der Waals surface area contributed by atoms with E-state index >= 15 is 0 Å². The van der Waals surface area contributed by atoms with Crippen molar-refractivity contribution in [3.8, 4) is 0 Å². The highest BCUT2D eigenvalue weighted by molar-refractivity contribution is 7.16. The first-order chi connectivity index (χ1) is 8.36. The lowest BCUT2D eigenvalue weighted by atomic mass is 10.1. The van der Waals surface area contributed by atoms with Gasteiger partial charge in [0.05, 0.1) is 5.56 Å². The Labute approximate surface area is 110 Å². The molecule has 1 heterocycles. The maximum atomic E-state index is 11.7. The Bertz CT molecular complexity index is 468. The largest absolute Gasteiger partial charge is 0.478 e. The number of amides is 2. The molecule has 0 saturated carbocycles. The van der Waals surface area contributed by atoms with Gasteiger partial charge in [-0.25, -0.2) is 9.59 Å². The van der Waals surface area contributed by atoms with Gasteiger partial charge in [-0.1, -0.05) is 6.92 Å². The van der Waals surface area contributed by atoms with Crippen LogP contribution in [0.5, 0.6) is 0 Å². The molecule has 2 amide bonds. The third-order valence-corrected chi connectivity index (χ3v) is 3.94. The van der Waals surface area contributed by atoms with Crippen LogP contribution in [0.4, 0.5) is 9.80 Å². The van der Waals surface area contributed by atoms with Crippen molar-refractivity contribution in [2.24, 2.45) is 0 Å². The molecule has 1 rings (SSSR count). The summed E-state index contributed by atoms with van der Waals surface area (Å²) < 4.78 is 0. The van der Waals surface area contributed by atoms with Crippen LogP contribution in [0.15, 0.2) is 0 Å². The molecule has 18 heavy (non-hydrogen) atoms. The fraction of sp³-hybridized carbons (Fsp3) is 0.500. The van der Waals surface area contributed by atoms with Gasteiger partial charge in [-0.05, 0) is 32.8 Å². The van der Waals surface area contributed by atoms with Crippen molar-refractivity contribution in [1.29, 1.82) is 0 Å². The smallest absolute Gasteiger partial charge is 0.338 e. The molecule has 0 bridgehead atoms. The van der Waals surface area contributed by atoms with E-state index in [1.54, 1.807) is 6.92 Å². The molecular weight excluding hydrogens is 252 g/mol. The molecule has 1 atom stereocenters. The molecule has 1 aromatic heterocycles. The van der Waals surface area contributed by atoms with Gasteiger partial charge in [0.15, 0.2) is 0 Å². The van der Waals surface area contributed by atoms with Gasteiger partial charge in [0, 0.05) is 10.9 Å². The summed E-state index contributed by atoms with van der Waals surface area (Å²) in [5.74, 6) is -1.02. The van der Waals surface area contributed by atoms with Crippen molar-refractivity contribution in [1.82, 2.24) is 5.32 Å². The Hall–Kier alpha value is -1.56. The minimum absolute atomic E-state index is 0.0560. The second-order valence-electron chi connectivity index (χ2n) is 4.20. The average Bonchev–Trinajstić information content (AvgIpc) is 2.53. The predicted octanol–water partition coefficient (Wildman–Crippen LogP) is 2.98. The second-order valence-corrected chi connectivity index (χ2v) is 5.43. The minimum atomic E-state index is -1.02. The number of aryl methyl sites for hydroxylation is 1. The SMILES string of the molecule is CCC(C)NC(=O)Nc1sc(C)c(C)c1C(=O)O. The number of carbonyl (C=O) groups excluding carboxylic acids is 1. The molecule has 100 valence electrons. The van der Waals surface area contributed by atoms with Crippen LogP contribution in [0.25, 0.3) is 0 Å². The maximum absolute atomic E-state index is 11.7. The first-order valence-electron chi connectivity index (χ1n) is 5.77. The van der Waals surface area contributed by atoms with Crippen LogP contribution in [0.1, 0.15) is 41.1 Å². The van der Waals surface area contributed by atoms with Crippen LogP contribution in [0.3, 0.4) is 0 Å². The molecule has 1 unspecified atom stereocenters. The lowest BCUT2D eigenvalue weighted by molar-refractivity contribution is 0.0697. The predicted molar refractivity (Wildman–Crippen MR) is 72.7 cm³/mol. The van der Waals surface area contributed by atoms with Gasteiger partial charge < -0.3 is 10.4 Å². The Balaban J connectivity index is 2.88. The molecule has 6 heteroatoms. The third kappa shape index (κ3) is 3.22. The van der Waals surface area contributed by atoms with Gasteiger partial charge in [-0.2, -0.15) is 0 Å². The molecule has 0 aliphatic rings. The van der Waals surface area contributed by atoms with E-state index in [9.17, 15) is 9.59 Å². The molecule has 0 radical (unpaired) electrons. The van der Waals surface area contributed by atoms with Gasteiger partial charge >= 0.3 is 12.0 Å². The Morgan fingerprint density at radius 2 is 2.00 bits per heavy atom. The number of hydrogen-bond donors (Lipinski definition) is 3. The van der Waals surface area contributed by atoms with E-state index < -0.39 is 5.97 Å². The second kappa shape index (κ2) is 5.86. The van der Waals surface area contributed by atoms with Gasteiger partial charge in [-0.3, -0.25) is 5.32 Å². The van der Waals surface area contributed by atoms with Crippen LogP contribution >= 0.6 is 11.3 Å². The number of nitrogens with one attached hydrogen (secondary N) is 2. The van der Waals surface area contributed by atoms with Gasteiger partial charge in [0.1, 0.15) is 5.00 Å². The van der Waals surface area contributed by atoms with Crippen molar-refractivity contribution >= 4 is 28.3 Å². The topological polar surface area (TPSA) is 78.4 Å². The van der Waals surface area contributed by atoms with Crippen LogP contribution in [-0.4, -0.2) is 23.1 Å².